The number of aliphatic carboxylic acids is 1. The van der Waals surface area contributed by atoms with Crippen molar-refractivity contribution in [2.24, 2.45) is 0 Å². The molecule has 0 saturated heterocycles. The van der Waals surface area contributed by atoms with Gasteiger partial charge in [0.05, 0.1) is 6.42 Å². The molecule has 1 rings (SSSR count). The van der Waals surface area contributed by atoms with Gasteiger partial charge >= 0.3 is 5.97 Å². The Labute approximate surface area is 59.9 Å². The normalized spacial score (nSPS) is 18.0. The van der Waals surface area contributed by atoms with E-state index in [0.717, 1.165) is 13.1 Å². The highest BCUT2D eigenvalue weighted by molar-refractivity contribution is 5.66. The highest BCUT2D eigenvalue weighted by atomic mass is 16.4. The molecule has 56 valence electrons. The standard InChI is InChI=1S/C7H11NO2/c9-7(10)3-6-8-4-1-2-5-8/h1-2H,3-6H2,(H,9,10). The summed E-state index contributed by atoms with van der Waals surface area (Å²) in [6.07, 6.45) is 4.37. The zero-order valence-electron chi connectivity index (χ0n) is 5.79. The summed E-state index contributed by atoms with van der Waals surface area (Å²) in [5.74, 6) is -0.716. The molecule has 0 aromatic carbocycles. The van der Waals surface area contributed by atoms with Gasteiger partial charge < -0.3 is 5.11 Å². The van der Waals surface area contributed by atoms with Gasteiger partial charge in [0.25, 0.3) is 0 Å². The van der Waals surface area contributed by atoms with Gasteiger partial charge in [0.15, 0.2) is 0 Å². The van der Waals surface area contributed by atoms with Crippen LogP contribution in [0.15, 0.2) is 12.2 Å². The van der Waals surface area contributed by atoms with E-state index in [1.165, 1.54) is 0 Å². The first-order chi connectivity index (χ1) is 4.79. The smallest absolute Gasteiger partial charge is 0.304 e. The molecule has 1 N–H and O–H groups in total. The zero-order valence-corrected chi connectivity index (χ0v) is 5.79. The van der Waals surface area contributed by atoms with Crippen LogP contribution >= 0.6 is 0 Å². The number of carboxylic acids is 1. The minimum atomic E-state index is -0.716. The quantitative estimate of drug-likeness (QED) is 0.576. The molecule has 0 fully saturated rings. The van der Waals surface area contributed by atoms with Gasteiger partial charge in [-0.05, 0) is 0 Å². The SMILES string of the molecule is O=C(O)CCN1CC=CC1. The minimum Gasteiger partial charge on any atom is -0.481 e. The Morgan fingerprint density at radius 2 is 2.10 bits per heavy atom. The second kappa shape index (κ2) is 3.37. The second-order valence-corrected chi connectivity index (χ2v) is 2.37. The second-order valence-electron chi connectivity index (χ2n) is 2.37. The van der Waals surface area contributed by atoms with Gasteiger partial charge in [-0.15, -0.1) is 0 Å². The molecule has 0 spiro atoms. The number of hydrogen-bond acceptors (Lipinski definition) is 2. The van der Waals surface area contributed by atoms with Gasteiger partial charge in [-0.3, -0.25) is 9.69 Å². The Morgan fingerprint density at radius 3 is 2.60 bits per heavy atom. The molecule has 0 saturated carbocycles. The van der Waals surface area contributed by atoms with Crippen LogP contribution in [0.2, 0.25) is 0 Å². The predicted octanol–water partition coefficient (Wildman–Crippen LogP) is 0.333. The number of carbonyl (C=O) groups is 1. The monoisotopic (exact) mass is 141 g/mol. The molecule has 0 bridgehead atoms. The Kier molecular flexibility index (Phi) is 2.45. The van der Waals surface area contributed by atoms with Crippen molar-refractivity contribution in [2.45, 2.75) is 6.42 Å². The number of nitrogens with zero attached hydrogens (tertiary/aromatic N) is 1. The number of hydrogen-bond donors (Lipinski definition) is 1. The van der Waals surface area contributed by atoms with E-state index in [2.05, 4.69) is 17.1 Å². The maximum Gasteiger partial charge on any atom is 0.304 e. The molecule has 1 aliphatic rings. The van der Waals surface area contributed by atoms with Crippen LogP contribution in [0.4, 0.5) is 0 Å². The highest BCUT2D eigenvalue weighted by Crippen LogP contribution is 1.98. The van der Waals surface area contributed by atoms with Crippen LogP contribution in [0.3, 0.4) is 0 Å². The number of rotatable bonds is 3. The van der Waals surface area contributed by atoms with Crippen LogP contribution in [-0.4, -0.2) is 35.6 Å². The van der Waals surface area contributed by atoms with E-state index in [1.54, 1.807) is 0 Å². The molecule has 10 heavy (non-hydrogen) atoms. The van der Waals surface area contributed by atoms with E-state index in [-0.39, 0.29) is 6.42 Å². The van der Waals surface area contributed by atoms with Gasteiger partial charge in [0, 0.05) is 19.6 Å². The van der Waals surface area contributed by atoms with Gasteiger partial charge in [-0.25, -0.2) is 0 Å². The fourth-order valence-corrected chi connectivity index (χ4v) is 0.958. The Morgan fingerprint density at radius 1 is 1.50 bits per heavy atom. The van der Waals surface area contributed by atoms with Crippen molar-refractivity contribution in [3.8, 4) is 0 Å². The van der Waals surface area contributed by atoms with Crippen LogP contribution in [0.25, 0.3) is 0 Å². The highest BCUT2D eigenvalue weighted by Gasteiger charge is 2.06. The van der Waals surface area contributed by atoms with Crippen molar-refractivity contribution in [1.29, 1.82) is 0 Å². The molecule has 1 heterocycles. The Bertz CT molecular complexity index is 146. The number of carboxylic acid groups (broad SMARTS) is 1. The third-order valence-electron chi connectivity index (χ3n) is 1.54. The molecule has 3 heteroatoms. The largest absolute Gasteiger partial charge is 0.481 e. The first-order valence-electron chi connectivity index (χ1n) is 3.38. The maximum atomic E-state index is 10.1. The summed E-state index contributed by atoms with van der Waals surface area (Å²) in [5.41, 5.74) is 0. The first kappa shape index (κ1) is 7.28. The zero-order chi connectivity index (χ0) is 7.40. The van der Waals surface area contributed by atoms with Crippen molar-refractivity contribution in [2.75, 3.05) is 19.6 Å². The molecule has 0 aromatic heterocycles. The van der Waals surface area contributed by atoms with E-state index in [4.69, 9.17) is 5.11 Å². The lowest BCUT2D eigenvalue weighted by atomic mass is 10.4. The third-order valence-corrected chi connectivity index (χ3v) is 1.54. The average Bonchev–Trinajstić information content (AvgIpc) is 2.34. The van der Waals surface area contributed by atoms with Gasteiger partial charge in [-0.1, -0.05) is 12.2 Å². The summed E-state index contributed by atoms with van der Waals surface area (Å²) in [7, 11) is 0. The molecule has 0 amide bonds. The molecule has 0 radical (unpaired) electrons. The lowest BCUT2D eigenvalue weighted by Crippen LogP contribution is -2.23. The van der Waals surface area contributed by atoms with Crippen LogP contribution in [0, 0.1) is 0 Å². The van der Waals surface area contributed by atoms with Crippen LogP contribution in [-0.2, 0) is 4.79 Å². The van der Waals surface area contributed by atoms with Gasteiger partial charge in [0.2, 0.25) is 0 Å². The predicted molar refractivity (Wildman–Crippen MR) is 37.8 cm³/mol. The molecular weight excluding hydrogens is 130 g/mol. The molecule has 1 aliphatic heterocycles. The van der Waals surface area contributed by atoms with Crippen LogP contribution in [0.5, 0.6) is 0 Å². The Balaban J connectivity index is 2.09. The summed E-state index contributed by atoms with van der Waals surface area (Å²) in [5, 5.41) is 8.33. The fourth-order valence-electron chi connectivity index (χ4n) is 0.958. The van der Waals surface area contributed by atoms with E-state index >= 15 is 0 Å². The van der Waals surface area contributed by atoms with Gasteiger partial charge in [-0.2, -0.15) is 0 Å². The summed E-state index contributed by atoms with van der Waals surface area (Å²) < 4.78 is 0. The summed E-state index contributed by atoms with van der Waals surface area (Å²) in [4.78, 5) is 12.2. The minimum absolute atomic E-state index is 0.252. The lowest BCUT2D eigenvalue weighted by Gasteiger charge is -2.11. The molecule has 3 nitrogen and oxygen atoms in total. The summed E-state index contributed by atoms with van der Waals surface area (Å²) in [6, 6.07) is 0. The van der Waals surface area contributed by atoms with Crippen LogP contribution < -0.4 is 0 Å². The van der Waals surface area contributed by atoms with Crippen molar-refractivity contribution in [3.05, 3.63) is 12.2 Å². The van der Waals surface area contributed by atoms with Crippen molar-refractivity contribution < 1.29 is 9.90 Å². The topological polar surface area (TPSA) is 40.5 Å². The fraction of sp³-hybridized carbons (Fsp3) is 0.571. The van der Waals surface area contributed by atoms with E-state index < -0.39 is 5.97 Å². The third kappa shape index (κ3) is 2.19. The molecule has 0 atom stereocenters. The van der Waals surface area contributed by atoms with E-state index in [9.17, 15) is 4.79 Å². The molecule has 0 unspecified atom stereocenters. The van der Waals surface area contributed by atoms with Crippen molar-refractivity contribution in [3.63, 3.8) is 0 Å². The average molecular weight is 141 g/mol. The summed E-state index contributed by atoms with van der Waals surface area (Å²) >= 11 is 0. The first-order valence-corrected chi connectivity index (χ1v) is 3.38. The molecule has 0 aliphatic carbocycles. The van der Waals surface area contributed by atoms with E-state index in [0.29, 0.717) is 6.54 Å². The maximum absolute atomic E-state index is 10.1. The van der Waals surface area contributed by atoms with Crippen LogP contribution in [0.1, 0.15) is 6.42 Å². The van der Waals surface area contributed by atoms with Gasteiger partial charge in [0.1, 0.15) is 0 Å². The molecule has 0 aromatic rings. The lowest BCUT2D eigenvalue weighted by molar-refractivity contribution is -0.137. The Hall–Kier alpha value is -0.830. The molecular formula is C7H11NO2. The summed E-state index contributed by atoms with van der Waals surface area (Å²) in [6.45, 7) is 2.49. The van der Waals surface area contributed by atoms with Crippen molar-refractivity contribution in [1.82, 2.24) is 4.90 Å². The van der Waals surface area contributed by atoms with Crippen molar-refractivity contribution >= 4 is 5.97 Å². The van der Waals surface area contributed by atoms with E-state index in [1.807, 2.05) is 0 Å².